The summed E-state index contributed by atoms with van der Waals surface area (Å²) in [6, 6.07) is 5.66. The summed E-state index contributed by atoms with van der Waals surface area (Å²) >= 11 is 0. The number of benzene rings is 1. The molecule has 2 saturated heterocycles. The van der Waals surface area contributed by atoms with Crippen molar-refractivity contribution in [1.29, 1.82) is 0 Å². The molecule has 0 aliphatic carbocycles. The van der Waals surface area contributed by atoms with Crippen molar-refractivity contribution in [2.24, 2.45) is 0 Å². The van der Waals surface area contributed by atoms with Crippen LogP contribution >= 0.6 is 0 Å². The summed E-state index contributed by atoms with van der Waals surface area (Å²) in [7, 11) is 1.03. The lowest BCUT2D eigenvalue weighted by molar-refractivity contribution is 0.0778. The Labute approximate surface area is 198 Å². The summed E-state index contributed by atoms with van der Waals surface area (Å²) in [5.41, 5.74) is 2.34. The number of hydrogen-bond acceptors (Lipinski definition) is 7. The largest absolute Gasteiger partial charge is 0.419 e. The maximum Gasteiger partial charge on any atom is 0.225 e. The van der Waals surface area contributed by atoms with Gasteiger partial charge in [0.2, 0.25) is 5.95 Å². The number of nitrogens with zero attached hydrogens (tertiary/aromatic N) is 5. The number of methoxy groups -OCH3 is 1. The van der Waals surface area contributed by atoms with Gasteiger partial charge in [-0.3, -0.25) is 0 Å². The van der Waals surface area contributed by atoms with Crippen molar-refractivity contribution in [2.45, 2.75) is 44.9 Å². The highest BCUT2D eigenvalue weighted by molar-refractivity contribution is 6.31. The minimum absolute atomic E-state index is 0.148. The minimum Gasteiger partial charge on any atom is -0.419 e. The van der Waals surface area contributed by atoms with Crippen molar-refractivity contribution in [3.05, 3.63) is 42.0 Å². The van der Waals surface area contributed by atoms with Crippen molar-refractivity contribution < 1.29 is 13.6 Å². The fourth-order valence-corrected chi connectivity index (χ4v) is 5.13. The molecule has 33 heavy (non-hydrogen) atoms. The molecule has 3 heterocycles. The molecule has 1 aromatic carbocycles. The quantitative estimate of drug-likeness (QED) is 0.573. The van der Waals surface area contributed by atoms with Crippen LogP contribution in [-0.4, -0.2) is 72.2 Å². The summed E-state index contributed by atoms with van der Waals surface area (Å²) < 4.78 is 26.5. The van der Waals surface area contributed by atoms with Gasteiger partial charge in [-0.05, 0) is 17.5 Å². The molecule has 2 fully saturated rings. The van der Waals surface area contributed by atoms with Crippen LogP contribution in [-0.2, 0) is 15.8 Å². The van der Waals surface area contributed by atoms with Gasteiger partial charge in [0.15, 0.2) is 15.6 Å². The maximum absolute atomic E-state index is 15.3. The average Bonchev–Trinajstić information content (AvgIpc) is 3.00. The van der Waals surface area contributed by atoms with Crippen LogP contribution in [0.1, 0.15) is 32.8 Å². The van der Waals surface area contributed by atoms with Crippen LogP contribution in [0.2, 0.25) is 5.04 Å². The van der Waals surface area contributed by atoms with E-state index in [4.69, 9.17) is 9.16 Å². The van der Waals surface area contributed by atoms with E-state index < -0.39 is 9.76 Å². The Morgan fingerprint density at radius 3 is 2.42 bits per heavy atom. The van der Waals surface area contributed by atoms with Gasteiger partial charge in [0, 0.05) is 51.9 Å². The van der Waals surface area contributed by atoms with Gasteiger partial charge in [0.25, 0.3) is 0 Å². The third kappa shape index (κ3) is 6.02. The molecule has 0 amide bonds. The maximum atomic E-state index is 15.3. The number of hydrogen-bond donors (Lipinski definition) is 0. The van der Waals surface area contributed by atoms with E-state index in [-0.39, 0.29) is 17.0 Å². The van der Waals surface area contributed by atoms with Crippen LogP contribution in [0.4, 0.5) is 21.7 Å². The zero-order valence-corrected chi connectivity index (χ0v) is 21.7. The zero-order valence-electron chi connectivity index (χ0n) is 20.3. The fourth-order valence-electron chi connectivity index (χ4n) is 4.20. The lowest BCUT2D eigenvalue weighted by atomic mass is 10.1. The average molecular weight is 474 g/mol. The van der Waals surface area contributed by atoms with Crippen LogP contribution in [0.5, 0.6) is 0 Å². The molecule has 0 bridgehead atoms. The first-order chi connectivity index (χ1) is 15.8. The molecule has 7 nitrogen and oxygen atoms in total. The van der Waals surface area contributed by atoms with E-state index in [1.165, 1.54) is 0 Å². The van der Waals surface area contributed by atoms with E-state index >= 15 is 4.39 Å². The Bertz CT molecular complexity index is 918. The summed E-state index contributed by atoms with van der Waals surface area (Å²) in [6.45, 7) is 11.8. The molecule has 2 aliphatic heterocycles. The summed E-state index contributed by atoms with van der Waals surface area (Å²) in [5, 5.41) is 0.200. The number of halogens is 1. The second-order valence-electron chi connectivity index (χ2n) is 10.1. The molecule has 1 aromatic heterocycles. The van der Waals surface area contributed by atoms with Crippen LogP contribution in [0.15, 0.2) is 30.6 Å². The first-order valence-corrected chi connectivity index (χ1v) is 13.1. The third-order valence-corrected chi connectivity index (χ3v) is 7.42. The molecule has 0 atom stereocenters. The molecule has 0 N–H and O–H groups in total. The van der Waals surface area contributed by atoms with Gasteiger partial charge in [-0.25, -0.2) is 14.4 Å². The van der Waals surface area contributed by atoms with Crippen molar-refractivity contribution in [1.82, 2.24) is 9.97 Å². The molecular formula is C24H36FN5O2Si. The standard InChI is InChI=1S/C24H36FN5O2Si/c1-24(2,3)33-32-17-18-7-5-8-21(22(18)25)29-10-6-9-28(11-12-29)19-13-26-23(27-14-19)30-15-20(16-30)31-4/h5,7-8,13-14,20H,6,9-12,15-17,33H2,1-4H3. The Morgan fingerprint density at radius 1 is 1.03 bits per heavy atom. The van der Waals surface area contributed by atoms with Crippen molar-refractivity contribution in [3.63, 3.8) is 0 Å². The third-order valence-electron chi connectivity index (χ3n) is 6.14. The van der Waals surface area contributed by atoms with E-state index in [1.807, 2.05) is 30.6 Å². The Hall–Kier alpha value is -2.23. The fraction of sp³-hybridized carbons (Fsp3) is 0.583. The number of rotatable bonds is 7. The van der Waals surface area contributed by atoms with E-state index in [9.17, 15) is 0 Å². The Morgan fingerprint density at radius 2 is 1.73 bits per heavy atom. The summed E-state index contributed by atoms with van der Waals surface area (Å²) in [4.78, 5) is 15.7. The van der Waals surface area contributed by atoms with Gasteiger partial charge in [-0.2, -0.15) is 0 Å². The molecular weight excluding hydrogens is 437 g/mol. The topological polar surface area (TPSA) is 54.0 Å². The second-order valence-corrected chi connectivity index (χ2v) is 13.0. The Balaban J connectivity index is 1.36. The zero-order chi connectivity index (χ0) is 23.4. The highest BCUT2D eigenvalue weighted by atomic mass is 28.2. The molecule has 0 spiro atoms. The number of ether oxygens (including phenoxy) is 1. The molecule has 0 saturated carbocycles. The molecule has 180 valence electrons. The number of aromatic nitrogens is 2. The predicted octanol–water partition coefficient (Wildman–Crippen LogP) is 2.99. The normalized spacial score (nSPS) is 18.2. The molecule has 9 heteroatoms. The van der Waals surface area contributed by atoms with Crippen molar-refractivity contribution >= 4 is 27.1 Å². The minimum atomic E-state index is -0.706. The van der Waals surface area contributed by atoms with Gasteiger partial charge >= 0.3 is 0 Å². The van der Waals surface area contributed by atoms with E-state index in [2.05, 4.69) is 45.4 Å². The summed E-state index contributed by atoms with van der Waals surface area (Å²) in [5.74, 6) is 0.601. The van der Waals surface area contributed by atoms with Gasteiger partial charge in [-0.1, -0.05) is 32.9 Å². The molecule has 4 rings (SSSR count). The molecule has 0 radical (unpaired) electrons. The van der Waals surface area contributed by atoms with Gasteiger partial charge in [0.1, 0.15) is 0 Å². The number of anilines is 3. The summed E-state index contributed by atoms with van der Waals surface area (Å²) in [6.07, 6.45) is 5.02. The Kier molecular flexibility index (Phi) is 7.50. The van der Waals surface area contributed by atoms with Crippen LogP contribution in [0.25, 0.3) is 0 Å². The highest BCUT2D eigenvalue weighted by Gasteiger charge is 2.28. The SMILES string of the molecule is COC1CN(c2ncc(N3CCCN(c4cccc(CO[SiH2]C(C)(C)C)c4F)CC3)cn2)C1. The highest BCUT2D eigenvalue weighted by Crippen LogP contribution is 2.27. The smallest absolute Gasteiger partial charge is 0.225 e. The molecule has 2 aliphatic rings. The first kappa shape index (κ1) is 23.9. The molecule has 0 unspecified atom stereocenters. The van der Waals surface area contributed by atoms with Crippen molar-refractivity contribution in [2.75, 3.05) is 61.1 Å². The van der Waals surface area contributed by atoms with Gasteiger partial charge < -0.3 is 23.9 Å². The van der Waals surface area contributed by atoms with Crippen molar-refractivity contribution in [3.8, 4) is 0 Å². The van der Waals surface area contributed by atoms with Crippen LogP contribution < -0.4 is 14.7 Å². The molecule has 2 aromatic rings. The van der Waals surface area contributed by atoms with E-state index in [1.54, 1.807) is 7.11 Å². The first-order valence-electron chi connectivity index (χ1n) is 11.8. The van der Waals surface area contributed by atoms with E-state index in [0.717, 1.165) is 57.3 Å². The lowest BCUT2D eigenvalue weighted by Gasteiger charge is -2.38. The van der Waals surface area contributed by atoms with E-state index in [0.29, 0.717) is 17.9 Å². The van der Waals surface area contributed by atoms with Gasteiger partial charge in [0.05, 0.1) is 36.5 Å². The predicted molar refractivity (Wildman–Crippen MR) is 134 cm³/mol. The van der Waals surface area contributed by atoms with Crippen LogP contribution in [0, 0.1) is 5.82 Å². The van der Waals surface area contributed by atoms with Gasteiger partial charge in [-0.15, -0.1) is 0 Å². The lowest BCUT2D eigenvalue weighted by Crippen LogP contribution is -2.52. The van der Waals surface area contributed by atoms with Crippen LogP contribution in [0.3, 0.4) is 0 Å². The monoisotopic (exact) mass is 473 g/mol. The second kappa shape index (κ2) is 10.4.